The number of aldehydes is 1. The molecule has 0 saturated heterocycles. The summed E-state index contributed by atoms with van der Waals surface area (Å²) in [5, 5.41) is 29.1. The minimum atomic E-state index is -0.158. The van der Waals surface area contributed by atoms with Gasteiger partial charge in [-0.05, 0) is 90.9 Å². The van der Waals surface area contributed by atoms with Crippen molar-refractivity contribution in [3.05, 3.63) is 137 Å². The maximum absolute atomic E-state index is 12.5. The molecule has 6 nitrogen and oxygen atoms in total. The van der Waals surface area contributed by atoms with Crippen molar-refractivity contribution in [1.82, 2.24) is 0 Å². The second-order valence-electron chi connectivity index (χ2n) is 10.5. The predicted octanol–water partition coefficient (Wildman–Crippen LogP) is 8.98. The van der Waals surface area contributed by atoms with Crippen molar-refractivity contribution in [1.29, 1.82) is 0 Å². The molecule has 0 bridgehead atoms. The molecule has 5 aromatic carbocycles. The SMILES string of the molecule is CC.CO.Cc1cc(C)c(-c2ccc(NC(=O)Cc3ccc(-c4ccc(O)c(O)c4)cc3)cc2)c(C)c1.Cc1ccc(C=O)cc1. The van der Waals surface area contributed by atoms with Gasteiger partial charge >= 0.3 is 0 Å². The molecule has 0 radical (unpaired) electrons. The molecule has 0 spiro atoms. The minimum Gasteiger partial charge on any atom is -0.504 e. The highest BCUT2D eigenvalue weighted by atomic mass is 16.3. The van der Waals surface area contributed by atoms with E-state index in [0.717, 1.165) is 46.9 Å². The fourth-order valence-electron chi connectivity index (χ4n) is 4.91. The van der Waals surface area contributed by atoms with Crippen molar-refractivity contribution in [2.24, 2.45) is 0 Å². The van der Waals surface area contributed by atoms with E-state index in [-0.39, 0.29) is 23.8 Å². The normalized spacial score (nSPS) is 9.74. The lowest BCUT2D eigenvalue weighted by molar-refractivity contribution is -0.115. The zero-order valence-electron chi connectivity index (χ0n) is 27.8. The van der Waals surface area contributed by atoms with Gasteiger partial charge in [0, 0.05) is 18.4 Å². The summed E-state index contributed by atoms with van der Waals surface area (Å²) < 4.78 is 0. The van der Waals surface area contributed by atoms with Gasteiger partial charge in [0.05, 0.1) is 6.42 Å². The van der Waals surface area contributed by atoms with Crippen molar-refractivity contribution in [3.8, 4) is 33.8 Å². The zero-order valence-corrected chi connectivity index (χ0v) is 27.8. The van der Waals surface area contributed by atoms with Gasteiger partial charge in [0.2, 0.25) is 5.91 Å². The third-order valence-corrected chi connectivity index (χ3v) is 6.98. The Labute approximate surface area is 273 Å². The Hall–Kier alpha value is -5.20. The number of hydrogen-bond acceptors (Lipinski definition) is 5. The van der Waals surface area contributed by atoms with Crippen LogP contribution >= 0.6 is 0 Å². The van der Waals surface area contributed by atoms with Gasteiger partial charge in [-0.25, -0.2) is 0 Å². The first-order valence-electron chi connectivity index (χ1n) is 15.2. The first kappa shape index (κ1) is 37.0. The van der Waals surface area contributed by atoms with Crippen LogP contribution in [-0.2, 0) is 11.2 Å². The molecule has 0 aliphatic carbocycles. The molecule has 240 valence electrons. The monoisotopic (exact) mass is 619 g/mol. The number of carbonyl (C=O) groups excluding carboxylic acids is 2. The van der Waals surface area contributed by atoms with E-state index in [4.69, 9.17) is 5.11 Å². The molecule has 0 heterocycles. The summed E-state index contributed by atoms with van der Waals surface area (Å²) in [6.45, 7) is 12.4. The summed E-state index contributed by atoms with van der Waals surface area (Å²) in [4.78, 5) is 22.7. The molecular formula is C40H45NO5. The Morgan fingerprint density at radius 2 is 1.15 bits per heavy atom. The number of anilines is 1. The van der Waals surface area contributed by atoms with Gasteiger partial charge in [-0.1, -0.05) is 104 Å². The molecule has 46 heavy (non-hydrogen) atoms. The Balaban J connectivity index is 0.000000479. The Kier molecular flexibility index (Phi) is 14.9. The van der Waals surface area contributed by atoms with Crippen molar-refractivity contribution in [2.75, 3.05) is 12.4 Å². The average molecular weight is 620 g/mol. The van der Waals surface area contributed by atoms with Crippen LogP contribution in [0.5, 0.6) is 11.5 Å². The molecule has 6 heteroatoms. The summed E-state index contributed by atoms with van der Waals surface area (Å²) in [5.41, 5.74) is 11.4. The number of aliphatic hydroxyl groups excluding tert-OH is 1. The number of hydrogen-bond donors (Lipinski definition) is 4. The number of phenols is 2. The van der Waals surface area contributed by atoms with Crippen LogP contribution < -0.4 is 5.32 Å². The lowest BCUT2D eigenvalue weighted by atomic mass is 9.94. The summed E-state index contributed by atoms with van der Waals surface area (Å²) >= 11 is 0. The lowest BCUT2D eigenvalue weighted by Crippen LogP contribution is -2.14. The van der Waals surface area contributed by atoms with Crippen LogP contribution in [0.15, 0.2) is 103 Å². The maximum Gasteiger partial charge on any atom is 0.228 e. The van der Waals surface area contributed by atoms with Gasteiger partial charge in [-0.15, -0.1) is 0 Å². The number of nitrogens with one attached hydrogen (secondary N) is 1. The topological polar surface area (TPSA) is 107 Å². The highest BCUT2D eigenvalue weighted by molar-refractivity contribution is 5.92. The number of aliphatic hydroxyl groups is 1. The van der Waals surface area contributed by atoms with Crippen LogP contribution in [0.3, 0.4) is 0 Å². The summed E-state index contributed by atoms with van der Waals surface area (Å²) in [6.07, 6.45) is 1.11. The molecule has 1 amide bonds. The molecule has 0 aliphatic heterocycles. The van der Waals surface area contributed by atoms with Crippen LogP contribution in [0.2, 0.25) is 0 Å². The van der Waals surface area contributed by atoms with Crippen molar-refractivity contribution >= 4 is 17.9 Å². The Morgan fingerprint density at radius 1 is 0.630 bits per heavy atom. The largest absolute Gasteiger partial charge is 0.504 e. The van der Waals surface area contributed by atoms with E-state index in [0.29, 0.717) is 0 Å². The lowest BCUT2D eigenvalue weighted by Gasteiger charge is -2.13. The van der Waals surface area contributed by atoms with Crippen LogP contribution in [0.1, 0.15) is 52.0 Å². The zero-order chi connectivity index (χ0) is 34.2. The van der Waals surface area contributed by atoms with Gasteiger partial charge in [0.1, 0.15) is 6.29 Å². The minimum absolute atomic E-state index is 0.0829. The molecule has 5 aromatic rings. The number of phenolic OH excluding ortho intramolecular Hbond substituents is 2. The second kappa shape index (κ2) is 18.6. The predicted molar refractivity (Wildman–Crippen MR) is 190 cm³/mol. The molecule has 0 atom stereocenters. The molecule has 4 N–H and O–H groups in total. The first-order valence-corrected chi connectivity index (χ1v) is 15.2. The molecule has 0 fully saturated rings. The van der Waals surface area contributed by atoms with Gasteiger partial charge in [-0.3, -0.25) is 9.59 Å². The second-order valence-corrected chi connectivity index (χ2v) is 10.5. The van der Waals surface area contributed by atoms with Crippen LogP contribution in [0.4, 0.5) is 5.69 Å². The molecule has 0 unspecified atom stereocenters. The van der Waals surface area contributed by atoms with Crippen LogP contribution in [0.25, 0.3) is 22.3 Å². The van der Waals surface area contributed by atoms with Crippen LogP contribution in [0, 0.1) is 27.7 Å². The van der Waals surface area contributed by atoms with E-state index in [1.54, 1.807) is 6.07 Å². The number of amides is 1. The fraction of sp³-hybridized carbons (Fsp3) is 0.200. The third-order valence-electron chi connectivity index (χ3n) is 6.98. The quantitative estimate of drug-likeness (QED) is 0.112. The highest BCUT2D eigenvalue weighted by Crippen LogP contribution is 2.31. The molecule has 0 aliphatic rings. The van der Waals surface area contributed by atoms with E-state index in [1.807, 2.05) is 93.6 Å². The standard InChI is InChI=1S/C29H27NO3.C8H8O.C2H6.CH4O/c1-18-14-19(2)29(20(3)15-18)23-8-11-25(12-9-23)30-28(33)16-21-4-6-22(7-5-21)24-10-13-26(31)27(32)17-24;1-7-2-4-8(6-9)5-3-7;2*1-2/h4-15,17,31-32H,16H2,1-3H3,(H,30,33);2-6H,1H3;1-2H3;2H,1H3. The van der Waals surface area contributed by atoms with E-state index < -0.39 is 0 Å². The maximum atomic E-state index is 12.5. The number of benzene rings is 5. The number of aryl methyl sites for hydroxylation is 4. The van der Waals surface area contributed by atoms with Crippen molar-refractivity contribution in [2.45, 2.75) is 48.0 Å². The molecule has 0 aromatic heterocycles. The number of aromatic hydroxyl groups is 2. The van der Waals surface area contributed by atoms with Gasteiger partial charge in [-0.2, -0.15) is 0 Å². The molecule has 5 rings (SSSR count). The summed E-state index contributed by atoms with van der Waals surface area (Å²) in [6, 6.07) is 32.1. The highest BCUT2D eigenvalue weighted by Gasteiger charge is 2.09. The van der Waals surface area contributed by atoms with E-state index >= 15 is 0 Å². The summed E-state index contributed by atoms with van der Waals surface area (Å²) in [7, 11) is 1.00. The molecule has 0 saturated carbocycles. The van der Waals surface area contributed by atoms with Crippen LogP contribution in [-0.4, -0.2) is 34.6 Å². The van der Waals surface area contributed by atoms with E-state index in [2.05, 4.69) is 38.2 Å². The smallest absolute Gasteiger partial charge is 0.228 e. The third kappa shape index (κ3) is 10.8. The number of rotatable bonds is 6. The fourth-order valence-corrected chi connectivity index (χ4v) is 4.91. The summed E-state index contributed by atoms with van der Waals surface area (Å²) in [5.74, 6) is -0.389. The first-order chi connectivity index (χ1) is 22.1. The van der Waals surface area contributed by atoms with E-state index in [1.165, 1.54) is 39.9 Å². The van der Waals surface area contributed by atoms with Gasteiger partial charge in [0.25, 0.3) is 0 Å². The van der Waals surface area contributed by atoms with E-state index in [9.17, 15) is 19.8 Å². The Bertz CT molecular complexity index is 1670. The van der Waals surface area contributed by atoms with Gasteiger partial charge < -0.3 is 20.6 Å². The van der Waals surface area contributed by atoms with Crippen molar-refractivity contribution < 1.29 is 24.9 Å². The molecular weight excluding hydrogens is 574 g/mol. The van der Waals surface area contributed by atoms with Crippen molar-refractivity contribution in [3.63, 3.8) is 0 Å². The Morgan fingerprint density at radius 3 is 1.67 bits per heavy atom. The van der Waals surface area contributed by atoms with Gasteiger partial charge in [0.15, 0.2) is 11.5 Å². The average Bonchev–Trinajstić information content (AvgIpc) is 3.06. The number of carbonyl (C=O) groups is 2.